The van der Waals surface area contributed by atoms with Crippen LogP contribution in [-0.4, -0.2) is 44.2 Å². The maximum absolute atomic E-state index is 12.6. The fourth-order valence-electron chi connectivity index (χ4n) is 2.63. The summed E-state index contributed by atoms with van der Waals surface area (Å²) in [6, 6.07) is 14.5. The Bertz CT molecular complexity index is 990. The molecule has 8 heteroatoms. The van der Waals surface area contributed by atoms with Crippen molar-refractivity contribution in [1.82, 2.24) is 9.97 Å². The molecule has 2 aromatic carbocycles. The predicted octanol–water partition coefficient (Wildman–Crippen LogP) is 3.56. The highest BCUT2D eigenvalue weighted by Crippen LogP contribution is 2.31. The van der Waals surface area contributed by atoms with E-state index in [0.29, 0.717) is 28.7 Å². The number of rotatable bonds is 7. The van der Waals surface area contributed by atoms with Gasteiger partial charge in [-0.25, -0.2) is 9.97 Å². The van der Waals surface area contributed by atoms with Crippen LogP contribution in [0.3, 0.4) is 0 Å². The molecule has 0 bridgehead atoms. The van der Waals surface area contributed by atoms with Crippen LogP contribution in [0.1, 0.15) is 10.5 Å². The number of hydrogen-bond donors (Lipinski definition) is 2. The van der Waals surface area contributed by atoms with Gasteiger partial charge in [-0.15, -0.1) is 0 Å². The number of amides is 1. The van der Waals surface area contributed by atoms with E-state index in [1.54, 1.807) is 32.4 Å². The first-order chi connectivity index (χ1) is 14.0. The molecular weight excluding hydrogens is 370 g/mol. The summed E-state index contributed by atoms with van der Waals surface area (Å²) >= 11 is 0. The highest BCUT2D eigenvalue weighted by molar-refractivity contribution is 6.03. The van der Waals surface area contributed by atoms with Gasteiger partial charge in [0, 0.05) is 37.6 Å². The van der Waals surface area contributed by atoms with Crippen LogP contribution >= 0.6 is 0 Å². The summed E-state index contributed by atoms with van der Waals surface area (Å²) in [7, 11) is 7.08. The minimum atomic E-state index is -0.324. The summed E-state index contributed by atoms with van der Waals surface area (Å²) in [5.74, 6) is 1.41. The number of carbonyl (C=O) groups excluding carboxylic acids is 1. The van der Waals surface area contributed by atoms with Gasteiger partial charge in [-0.2, -0.15) is 0 Å². The number of benzene rings is 2. The smallest absolute Gasteiger partial charge is 0.274 e. The van der Waals surface area contributed by atoms with Crippen molar-refractivity contribution in [2.75, 3.05) is 43.8 Å². The van der Waals surface area contributed by atoms with Crippen LogP contribution in [0.2, 0.25) is 0 Å². The third kappa shape index (κ3) is 4.92. The molecule has 0 atom stereocenters. The number of aromatic nitrogens is 2. The molecule has 1 aromatic heterocycles. The first kappa shape index (κ1) is 19.9. The Morgan fingerprint density at radius 2 is 1.72 bits per heavy atom. The minimum absolute atomic E-state index is 0.242. The summed E-state index contributed by atoms with van der Waals surface area (Å²) in [5, 5.41) is 5.97. The fraction of sp³-hybridized carbons (Fsp3) is 0.190. The SMILES string of the molecule is COc1ccc(Nc2cc(C(=O)Nc3ccc(N(C)C)cc3)ncn2)c(OC)c1. The molecule has 0 saturated carbocycles. The number of nitrogens with one attached hydrogen (secondary N) is 2. The van der Waals surface area contributed by atoms with Gasteiger partial charge in [0.25, 0.3) is 5.91 Å². The van der Waals surface area contributed by atoms with E-state index in [9.17, 15) is 4.79 Å². The minimum Gasteiger partial charge on any atom is -0.497 e. The molecule has 29 heavy (non-hydrogen) atoms. The van der Waals surface area contributed by atoms with E-state index in [1.165, 1.54) is 6.33 Å². The van der Waals surface area contributed by atoms with Crippen LogP contribution in [0.5, 0.6) is 11.5 Å². The number of hydrogen-bond acceptors (Lipinski definition) is 7. The third-order valence-electron chi connectivity index (χ3n) is 4.21. The molecule has 0 aliphatic heterocycles. The van der Waals surface area contributed by atoms with Crippen LogP contribution in [0, 0.1) is 0 Å². The molecule has 0 unspecified atom stereocenters. The summed E-state index contributed by atoms with van der Waals surface area (Å²) in [4.78, 5) is 22.8. The van der Waals surface area contributed by atoms with Gasteiger partial charge in [0.2, 0.25) is 0 Å². The Balaban J connectivity index is 1.74. The molecule has 3 rings (SSSR count). The molecule has 0 radical (unpaired) electrons. The number of carbonyl (C=O) groups is 1. The average Bonchev–Trinajstić information content (AvgIpc) is 2.74. The lowest BCUT2D eigenvalue weighted by Gasteiger charge is -2.13. The lowest BCUT2D eigenvalue weighted by molar-refractivity contribution is 0.102. The number of anilines is 4. The third-order valence-corrected chi connectivity index (χ3v) is 4.21. The molecule has 1 amide bonds. The molecule has 150 valence electrons. The standard InChI is InChI=1S/C21H23N5O3/c1-26(2)15-7-5-14(6-8-15)24-21(27)18-12-20(23-13-22-18)25-17-10-9-16(28-3)11-19(17)29-4/h5-13H,1-4H3,(H,24,27)(H,22,23,25). The molecule has 0 aliphatic carbocycles. The summed E-state index contributed by atoms with van der Waals surface area (Å²) in [6.45, 7) is 0. The quantitative estimate of drug-likeness (QED) is 0.634. The van der Waals surface area contributed by atoms with Crippen LogP contribution in [0.4, 0.5) is 22.9 Å². The Morgan fingerprint density at radius 3 is 2.38 bits per heavy atom. The second-order valence-electron chi connectivity index (χ2n) is 6.38. The molecule has 3 aromatic rings. The van der Waals surface area contributed by atoms with E-state index in [1.807, 2.05) is 49.3 Å². The van der Waals surface area contributed by atoms with Crippen LogP contribution in [-0.2, 0) is 0 Å². The molecule has 0 spiro atoms. The van der Waals surface area contributed by atoms with E-state index >= 15 is 0 Å². The van der Waals surface area contributed by atoms with Gasteiger partial charge in [-0.1, -0.05) is 0 Å². The lowest BCUT2D eigenvalue weighted by atomic mass is 10.2. The van der Waals surface area contributed by atoms with Crippen molar-refractivity contribution >= 4 is 28.8 Å². The van der Waals surface area contributed by atoms with E-state index in [4.69, 9.17) is 9.47 Å². The van der Waals surface area contributed by atoms with E-state index in [-0.39, 0.29) is 11.6 Å². The lowest BCUT2D eigenvalue weighted by Crippen LogP contribution is -2.14. The zero-order valence-electron chi connectivity index (χ0n) is 16.8. The Labute approximate surface area is 169 Å². The highest BCUT2D eigenvalue weighted by Gasteiger charge is 2.11. The van der Waals surface area contributed by atoms with Crippen molar-refractivity contribution < 1.29 is 14.3 Å². The normalized spacial score (nSPS) is 10.2. The molecule has 0 saturated heterocycles. The Morgan fingerprint density at radius 1 is 0.966 bits per heavy atom. The highest BCUT2D eigenvalue weighted by atomic mass is 16.5. The molecule has 1 heterocycles. The predicted molar refractivity (Wildman–Crippen MR) is 114 cm³/mol. The van der Waals surface area contributed by atoms with E-state index < -0.39 is 0 Å². The fourth-order valence-corrected chi connectivity index (χ4v) is 2.63. The van der Waals surface area contributed by atoms with Gasteiger partial charge in [-0.05, 0) is 36.4 Å². The first-order valence-electron chi connectivity index (χ1n) is 8.90. The summed E-state index contributed by atoms with van der Waals surface area (Å²) in [6.07, 6.45) is 1.34. The second kappa shape index (κ2) is 8.92. The van der Waals surface area contributed by atoms with Gasteiger partial charge >= 0.3 is 0 Å². The molecule has 2 N–H and O–H groups in total. The maximum Gasteiger partial charge on any atom is 0.274 e. The van der Waals surface area contributed by atoms with Crippen LogP contribution in [0.15, 0.2) is 54.9 Å². The van der Waals surface area contributed by atoms with E-state index in [2.05, 4.69) is 20.6 Å². The number of nitrogens with zero attached hydrogens (tertiary/aromatic N) is 3. The molecule has 0 fully saturated rings. The maximum atomic E-state index is 12.6. The van der Waals surface area contributed by atoms with Gasteiger partial charge < -0.3 is 25.0 Å². The van der Waals surface area contributed by atoms with Crippen molar-refractivity contribution in [2.24, 2.45) is 0 Å². The average molecular weight is 393 g/mol. The Kier molecular flexibility index (Phi) is 6.13. The monoisotopic (exact) mass is 393 g/mol. The van der Waals surface area contributed by atoms with Gasteiger partial charge in [0.05, 0.1) is 19.9 Å². The molecule has 0 aliphatic rings. The van der Waals surface area contributed by atoms with Crippen LogP contribution in [0.25, 0.3) is 0 Å². The topological polar surface area (TPSA) is 88.6 Å². The van der Waals surface area contributed by atoms with Gasteiger partial charge in [0.15, 0.2) is 0 Å². The second-order valence-corrected chi connectivity index (χ2v) is 6.38. The van der Waals surface area contributed by atoms with Crippen molar-refractivity contribution in [2.45, 2.75) is 0 Å². The van der Waals surface area contributed by atoms with Gasteiger partial charge in [-0.3, -0.25) is 4.79 Å². The Hall–Kier alpha value is -3.81. The van der Waals surface area contributed by atoms with Crippen molar-refractivity contribution in [3.8, 4) is 11.5 Å². The summed E-state index contributed by atoms with van der Waals surface area (Å²) < 4.78 is 10.6. The molecular formula is C21H23N5O3. The zero-order chi connectivity index (χ0) is 20.8. The number of ether oxygens (including phenoxy) is 2. The van der Waals surface area contributed by atoms with E-state index in [0.717, 1.165) is 5.69 Å². The van der Waals surface area contributed by atoms with Crippen molar-refractivity contribution in [3.05, 3.63) is 60.6 Å². The first-order valence-corrected chi connectivity index (χ1v) is 8.90. The van der Waals surface area contributed by atoms with Crippen molar-refractivity contribution in [3.63, 3.8) is 0 Å². The molecule has 8 nitrogen and oxygen atoms in total. The van der Waals surface area contributed by atoms with Crippen molar-refractivity contribution in [1.29, 1.82) is 0 Å². The van der Waals surface area contributed by atoms with Gasteiger partial charge in [0.1, 0.15) is 29.3 Å². The van der Waals surface area contributed by atoms with Crippen LogP contribution < -0.4 is 25.0 Å². The number of methoxy groups -OCH3 is 2. The largest absolute Gasteiger partial charge is 0.497 e. The summed E-state index contributed by atoms with van der Waals surface area (Å²) in [5.41, 5.74) is 2.67. The zero-order valence-corrected chi connectivity index (χ0v) is 16.8.